The first-order valence-electron chi connectivity index (χ1n) is 7.76. The first kappa shape index (κ1) is 22.6. The maximum atomic E-state index is 12.3. The monoisotopic (exact) mass is 404 g/mol. The van der Waals surface area contributed by atoms with Gasteiger partial charge in [0.2, 0.25) is 5.91 Å². The topological polar surface area (TPSA) is 73.6 Å². The van der Waals surface area contributed by atoms with E-state index in [1.165, 1.54) is 25.3 Å². The Balaban J connectivity index is 0.00000364. The Hall–Kier alpha value is -2.45. The third-order valence-corrected chi connectivity index (χ3v) is 3.47. The maximum absolute atomic E-state index is 12.3. The normalized spacial score (nSPS) is 11.9. The van der Waals surface area contributed by atoms with Crippen molar-refractivity contribution >= 4 is 24.0 Å². The molecule has 0 saturated carbocycles. The Bertz CT molecular complexity index is 742. The van der Waals surface area contributed by atoms with Crippen LogP contribution in [0.25, 0.3) is 0 Å². The number of nitrogens with two attached hydrogens (primary N) is 1. The number of hydrogen-bond donors (Lipinski definition) is 2. The van der Waals surface area contributed by atoms with Crippen molar-refractivity contribution in [1.82, 2.24) is 0 Å². The van der Waals surface area contributed by atoms with Crippen molar-refractivity contribution in [3.63, 3.8) is 0 Å². The molecule has 0 saturated heterocycles. The summed E-state index contributed by atoms with van der Waals surface area (Å²) in [5, 5.41) is 2.60. The zero-order valence-corrected chi connectivity index (χ0v) is 15.3. The Morgan fingerprint density at radius 1 is 1.15 bits per heavy atom. The zero-order chi connectivity index (χ0) is 19.2. The number of hydrogen-bond acceptors (Lipinski definition) is 4. The van der Waals surface area contributed by atoms with Gasteiger partial charge in [0.1, 0.15) is 0 Å². The summed E-state index contributed by atoms with van der Waals surface area (Å²) < 4.78 is 46.7. The molecule has 2 aromatic carbocycles. The smallest absolute Gasteiger partial charge is 0.422 e. The van der Waals surface area contributed by atoms with Crippen molar-refractivity contribution in [2.24, 2.45) is 5.73 Å². The lowest BCUT2D eigenvalue weighted by Gasteiger charge is -2.15. The van der Waals surface area contributed by atoms with Crippen molar-refractivity contribution in [3.05, 3.63) is 54.1 Å². The second-order valence-corrected chi connectivity index (χ2v) is 5.54. The molecule has 0 heterocycles. The summed E-state index contributed by atoms with van der Waals surface area (Å²) in [5.41, 5.74) is 7.09. The molecule has 0 aliphatic rings. The number of methoxy groups -OCH3 is 1. The fraction of sp³-hybridized carbons (Fsp3) is 0.278. The molecule has 0 aromatic heterocycles. The van der Waals surface area contributed by atoms with Crippen LogP contribution in [0.2, 0.25) is 0 Å². The van der Waals surface area contributed by atoms with Gasteiger partial charge in [0.25, 0.3) is 0 Å². The third kappa shape index (κ3) is 7.36. The molecule has 0 aliphatic heterocycles. The number of halogens is 4. The summed E-state index contributed by atoms with van der Waals surface area (Å²) >= 11 is 0. The van der Waals surface area contributed by atoms with E-state index in [2.05, 4.69) is 5.32 Å². The highest BCUT2D eigenvalue weighted by Crippen LogP contribution is 2.31. The van der Waals surface area contributed by atoms with Crippen LogP contribution in [-0.4, -0.2) is 25.8 Å². The van der Waals surface area contributed by atoms with Crippen molar-refractivity contribution in [3.8, 4) is 11.5 Å². The summed E-state index contributed by atoms with van der Waals surface area (Å²) in [4.78, 5) is 12.1. The minimum absolute atomic E-state index is 0. The van der Waals surface area contributed by atoms with Crippen LogP contribution in [0.15, 0.2) is 48.5 Å². The zero-order valence-electron chi connectivity index (χ0n) is 14.5. The summed E-state index contributed by atoms with van der Waals surface area (Å²) in [5.74, 6) is -0.350. The van der Waals surface area contributed by atoms with Gasteiger partial charge >= 0.3 is 6.18 Å². The van der Waals surface area contributed by atoms with Gasteiger partial charge in [-0.1, -0.05) is 30.3 Å². The molecule has 2 rings (SSSR count). The molecular formula is C18H20ClF3N2O3. The third-order valence-electron chi connectivity index (χ3n) is 3.47. The van der Waals surface area contributed by atoms with Crippen LogP contribution < -0.4 is 20.5 Å². The van der Waals surface area contributed by atoms with Crippen LogP contribution in [-0.2, 0) is 4.79 Å². The number of benzene rings is 2. The second-order valence-electron chi connectivity index (χ2n) is 5.54. The largest absolute Gasteiger partial charge is 0.493 e. The van der Waals surface area contributed by atoms with Gasteiger partial charge in [-0.05, 0) is 17.7 Å². The Labute approximate surface area is 161 Å². The number of ether oxygens (including phenoxy) is 2. The predicted octanol–water partition coefficient (Wildman–Crippen LogP) is 4.09. The van der Waals surface area contributed by atoms with E-state index >= 15 is 0 Å². The predicted molar refractivity (Wildman–Crippen MR) is 98.4 cm³/mol. The van der Waals surface area contributed by atoms with Gasteiger partial charge in [-0.2, -0.15) is 13.2 Å². The number of carbonyl (C=O) groups excluding carboxylic acids is 1. The fourth-order valence-corrected chi connectivity index (χ4v) is 2.26. The highest BCUT2D eigenvalue weighted by Gasteiger charge is 2.29. The Morgan fingerprint density at radius 2 is 1.81 bits per heavy atom. The number of amides is 1. The summed E-state index contributed by atoms with van der Waals surface area (Å²) in [6, 6.07) is 12.8. The molecule has 9 heteroatoms. The molecule has 5 nitrogen and oxygen atoms in total. The first-order chi connectivity index (χ1) is 12.3. The van der Waals surface area contributed by atoms with Gasteiger partial charge in [-0.25, -0.2) is 0 Å². The molecule has 27 heavy (non-hydrogen) atoms. The van der Waals surface area contributed by atoms with E-state index in [1.54, 1.807) is 0 Å². The van der Waals surface area contributed by atoms with E-state index in [1.807, 2.05) is 30.3 Å². The van der Waals surface area contributed by atoms with Crippen LogP contribution in [0.5, 0.6) is 11.5 Å². The molecule has 1 amide bonds. The lowest BCUT2D eigenvalue weighted by molar-refractivity contribution is -0.153. The number of rotatable bonds is 7. The average molecular weight is 405 g/mol. The Morgan fingerprint density at radius 3 is 2.41 bits per heavy atom. The van der Waals surface area contributed by atoms with Crippen molar-refractivity contribution in [2.75, 3.05) is 19.0 Å². The lowest BCUT2D eigenvalue weighted by atomic mass is 10.0. The van der Waals surface area contributed by atoms with Crippen LogP contribution in [0.4, 0.5) is 18.9 Å². The van der Waals surface area contributed by atoms with Crippen LogP contribution in [0.1, 0.15) is 18.0 Å². The van der Waals surface area contributed by atoms with Gasteiger partial charge < -0.3 is 20.5 Å². The highest BCUT2D eigenvalue weighted by atomic mass is 35.5. The van der Waals surface area contributed by atoms with Gasteiger partial charge in [0.15, 0.2) is 18.1 Å². The van der Waals surface area contributed by atoms with E-state index in [-0.39, 0.29) is 41.9 Å². The molecule has 1 atom stereocenters. The molecule has 0 fully saturated rings. The van der Waals surface area contributed by atoms with E-state index in [0.717, 1.165) is 5.56 Å². The SMILES string of the molecule is COc1ccc(NC(=O)CC(N)c2ccccc2)cc1OCC(F)(F)F.Cl. The van der Waals surface area contributed by atoms with Crippen molar-refractivity contribution < 1.29 is 27.4 Å². The highest BCUT2D eigenvalue weighted by molar-refractivity contribution is 5.91. The number of nitrogens with one attached hydrogen (secondary N) is 1. The molecule has 1 unspecified atom stereocenters. The number of anilines is 1. The molecule has 3 N–H and O–H groups in total. The number of alkyl halides is 3. The Kier molecular flexibility index (Phi) is 8.39. The minimum atomic E-state index is -4.48. The summed E-state index contributed by atoms with van der Waals surface area (Å²) in [6.45, 7) is -1.46. The summed E-state index contributed by atoms with van der Waals surface area (Å²) in [6.07, 6.45) is -4.46. The van der Waals surface area contributed by atoms with E-state index in [9.17, 15) is 18.0 Å². The lowest BCUT2D eigenvalue weighted by Crippen LogP contribution is -2.21. The standard InChI is InChI=1S/C18H19F3N2O3.ClH/c1-25-15-8-7-13(9-16(15)26-11-18(19,20)21)23-17(24)10-14(22)12-5-3-2-4-6-12;/h2-9,14H,10-11,22H2,1H3,(H,23,24);1H. The second kappa shape index (κ2) is 10.0. The maximum Gasteiger partial charge on any atom is 0.422 e. The van der Waals surface area contributed by atoms with E-state index in [4.69, 9.17) is 15.2 Å². The molecule has 2 aromatic rings. The van der Waals surface area contributed by atoms with Gasteiger partial charge in [-0.15, -0.1) is 12.4 Å². The summed E-state index contributed by atoms with van der Waals surface area (Å²) in [7, 11) is 1.31. The van der Waals surface area contributed by atoms with Crippen LogP contribution >= 0.6 is 12.4 Å². The minimum Gasteiger partial charge on any atom is -0.493 e. The van der Waals surface area contributed by atoms with Gasteiger partial charge in [0.05, 0.1) is 7.11 Å². The van der Waals surface area contributed by atoms with E-state index < -0.39 is 18.8 Å². The van der Waals surface area contributed by atoms with Gasteiger partial charge in [-0.3, -0.25) is 4.79 Å². The average Bonchev–Trinajstić information content (AvgIpc) is 2.60. The molecule has 0 aliphatic carbocycles. The number of carbonyl (C=O) groups is 1. The van der Waals surface area contributed by atoms with Crippen molar-refractivity contribution in [1.29, 1.82) is 0 Å². The molecule has 0 spiro atoms. The molecular weight excluding hydrogens is 385 g/mol. The molecule has 148 valence electrons. The van der Waals surface area contributed by atoms with Gasteiger partial charge in [0, 0.05) is 24.2 Å². The first-order valence-corrected chi connectivity index (χ1v) is 7.76. The van der Waals surface area contributed by atoms with E-state index in [0.29, 0.717) is 0 Å². The molecule has 0 bridgehead atoms. The van der Waals surface area contributed by atoms with Crippen LogP contribution in [0, 0.1) is 0 Å². The van der Waals surface area contributed by atoms with Crippen molar-refractivity contribution in [2.45, 2.75) is 18.6 Å². The fourth-order valence-electron chi connectivity index (χ4n) is 2.26. The molecule has 0 radical (unpaired) electrons. The van der Waals surface area contributed by atoms with Crippen LogP contribution in [0.3, 0.4) is 0 Å². The quantitative estimate of drug-likeness (QED) is 0.729.